The lowest BCUT2D eigenvalue weighted by molar-refractivity contribution is 0.214. The quantitative estimate of drug-likeness (QED) is 0.738. The zero-order valence-corrected chi connectivity index (χ0v) is 11.2. The van der Waals surface area contributed by atoms with E-state index in [1.165, 1.54) is 0 Å². The van der Waals surface area contributed by atoms with Crippen molar-refractivity contribution in [2.75, 3.05) is 19.7 Å². The number of aliphatic hydroxyl groups excluding tert-OH is 1. The van der Waals surface area contributed by atoms with Crippen LogP contribution in [0.4, 0.5) is 4.79 Å². The smallest absolute Gasteiger partial charge is 0.314 e. The first-order valence-electron chi connectivity index (χ1n) is 6.03. The lowest BCUT2D eigenvalue weighted by Gasteiger charge is -2.16. The van der Waals surface area contributed by atoms with Gasteiger partial charge in [0.05, 0.1) is 0 Å². The maximum Gasteiger partial charge on any atom is 0.314 e. The zero-order chi connectivity index (χ0) is 13.4. The lowest BCUT2D eigenvalue weighted by atomic mass is 10.00. The van der Waals surface area contributed by atoms with Gasteiger partial charge >= 0.3 is 6.03 Å². The number of carbonyl (C=O) groups is 1. The van der Waals surface area contributed by atoms with E-state index in [0.29, 0.717) is 24.5 Å². The molecule has 2 amide bonds. The summed E-state index contributed by atoms with van der Waals surface area (Å²) in [5.74, 6) is -0.0347. The topological polar surface area (TPSA) is 61.4 Å². The van der Waals surface area contributed by atoms with Gasteiger partial charge in [0.2, 0.25) is 0 Å². The minimum atomic E-state index is -0.213. The molecule has 0 heterocycles. The minimum absolute atomic E-state index is 0.0115. The van der Waals surface area contributed by atoms with Crippen molar-refractivity contribution in [3.63, 3.8) is 0 Å². The number of rotatable bonds is 6. The molecule has 4 nitrogen and oxygen atoms in total. The molecule has 0 aliphatic carbocycles. The third-order valence-electron chi connectivity index (χ3n) is 2.61. The summed E-state index contributed by atoms with van der Waals surface area (Å²) in [5, 5.41) is 15.4. The first-order valence-corrected chi connectivity index (χ1v) is 6.41. The molecular weight excluding hydrogens is 252 g/mol. The monoisotopic (exact) mass is 270 g/mol. The van der Waals surface area contributed by atoms with Crippen LogP contribution >= 0.6 is 11.6 Å². The van der Waals surface area contributed by atoms with E-state index in [4.69, 9.17) is 11.6 Å². The van der Waals surface area contributed by atoms with Gasteiger partial charge < -0.3 is 15.7 Å². The number of amides is 2. The number of halogens is 1. The van der Waals surface area contributed by atoms with Crippen molar-refractivity contribution >= 4 is 17.6 Å². The highest BCUT2D eigenvalue weighted by Gasteiger charge is 2.11. The molecule has 0 saturated heterocycles. The Bertz CT molecular complexity index is 385. The summed E-state index contributed by atoms with van der Waals surface area (Å²) < 4.78 is 0. The highest BCUT2D eigenvalue weighted by Crippen LogP contribution is 2.18. The Labute approximate surface area is 112 Å². The van der Waals surface area contributed by atoms with Gasteiger partial charge in [0.15, 0.2) is 0 Å². The Morgan fingerprint density at radius 3 is 2.72 bits per heavy atom. The summed E-state index contributed by atoms with van der Waals surface area (Å²) in [5.41, 5.74) is 0.982. The predicted octanol–water partition coefficient (Wildman–Crippen LogP) is 1.81. The molecule has 0 bridgehead atoms. The second kappa shape index (κ2) is 7.95. The Balaban J connectivity index is 2.47. The lowest BCUT2D eigenvalue weighted by Crippen LogP contribution is -2.39. The van der Waals surface area contributed by atoms with E-state index < -0.39 is 0 Å². The molecule has 0 aromatic heterocycles. The van der Waals surface area contributed by atoms with Crippen LogP contribution in [0.3, 0.4) is 0 Å². The molecule has 1 aromatic rings. The number of aliphatic hydroxyl groups is 1. The van der Waals surface area contributed by atoms with Crippen molar-refractivity contribution < 1.29 is 9.90 Å². The Morgan fingerprint density at radius 2 is 2.11 bits per heavy atom. The van der Waals surface area contributed by atoms with Crippen molar-refractivity contribution in [2.24, 2.45) is 5.92 Å². The molecule has 5 heteroatoms. The number of nitrogens with one attached hydrogen (secondary N) is 2. The number of urea groups is 1. The van der Waals surface area contributed by atoms with E-state index in [0.717, 1.165) is 5.56 Å². The van der Waals surface area contributed by atoms with Gasteiger partial charge in [0.1, 0.15) is 0 Å². The average Bonchev–Trinajstić information content (AvgIpc) is 2.37. The zero-order valence-electron chi connectivity index (χ0n) is 10.4. The molecule has 18 heavy (non-hydrogen) atoms. The molecule has 3 N–H and O–H groups in total. The second-order valence-electron chi connectivity index (χ2n) is 4.08. The predicted molar refractivity (Wildman–Crippen MR) is 72.8 cm³/mol. The van der Waals surface area contributed by atoms with Crippen LogP contribution in [0.15, 0.2) is 24.3 Å². The fourth-order valence-electron chi connectivity index (χ4n) is 1.64. The maximum atomic E-state index is 11.3. The Hall–Kier alpha value is -1.26. The molecule has 0 radical (unpaired) electrons. The highest BCUT2D eigenvalue weighted by molar-refractivity contribution is 6.31. The maximum absolute atomic E-state index is 11.3. The van der Waals surface area contributed by atoms with Gasteiger partial charge in [-0.1, -0.05) is 29.8 Å². The molecule has 100 valence electrons. The summed E-state index contributed by atoms with van der Waals surface area (Å²) in [7, 11) is 0. The number of hydrogen-bond donors (Lipinski definition) is 3. The third-order valence-corrected chi connectivity index (χ3v) is 2.98. The van der Waals surface area contributed by atoms with E-state index in [2.05, 4.69) is 10.6 Å². The summed E-state index contributed by atoms with van der Waals surface area (Å²) in [6.07, 6.45) is 0.641. The van der Waals surface area contributed by atoms with Crippen molar-refractivity contribution in [3.05, 3.63) is 34.9 Å². The molecule has 1 atom stereocenters. The van der Waals surface area contributed by atoms with E-state index >= 15 is 0 Å². The Kier molecular flexibility index (Phi) is 6.54. The van der Waals surface area contributed by atoms with Crippen molar-refractivity contribution in [1.29, 1.82) is 0 Å². The standard InChI is InChI=1S/C13H19ClN2O2/c1-2-15-13(18)16-8-10(9-17)7-11-5-3-4-6-12(11)14/h3-6,10,17H,2,7-9H2,1H3,(H2,15,16,18)/t10-/m1/s1. The van der Waals surface area contributed by atoms with Gasteiger partial charge in [0.25, 0.3) is 0 Å². The SMILES string of the molecule is CCNC(=O)NC[C@H](CO)Cc1ccccc1Cl. The highest BCUT2D eigenvalue weighted by atomic mass is 35.5. The normalized spacial score (nSPS) is 11.9. The first-order chi connectivity index (χ1) is 8.67. The summed E-state index contributed by atoms with van der Waals surface area (Å²) in [6.45, 7) is 2.87. The largest absolute Gasteiger partial charge is 0.396 e. The van der Waals surface area contributed by atoms with Gasteiger partial charge in [-0.3, -0.25) is 0 Å². The minimum Gasteiger partial charge on any atom is -0.396 e. The number of hydrogen-bond acceptors (Lipinski definition) is 2. The number of carbonyl (C=O) groups excluding carboxylic acids is 1. The van der Waals surface area contributed by atoms with Crippen molar-refractivity contribution in [3.8, 4) is 0 Å². The third kappa shape index (κ3) is 4.94. The van der Waals surface area contributed by atoms with Crippen LogP contribution in [0.2, 0.25) is 5.02 Å². The van der Waals surface area contributed by atoms with Crippen LogP contribution in [-0.2, 0) is 6.42 Å². The molecule has 1 rings (SSSR count). The van der Waals surface area contributed by atoms with Crippen molar-refractivity contribution in [2.45, 2.75) is 13.3 Å². The van der Waals surface area contributed by atoms with Crippen LogP contribution in [-0.4, -0.2) is 30.8 Å². The Morgan fingerprint density at radius 1 is 1.39 bits per heavy atom. The van der Waals surface area contributed by atoms with Gasteiger partial charge in [0, 0.05) is 30.6 Å². The van der Waals surface area contributed by atoms with Crippen LogP contribution in [0.25, 0.3) is 0 Å². The van der Waals surface area contributed by atoms with E-state index in [1.54, 1.807) is 0 Å². The average molecular weight is 271 g/mol. The molecule has 0 aliphatic heterocycles. The molecular formula is C13H19ClN2O2. The fourth-order valence-corrected chi connectivity index (χ4v) is 1.85. The molecule has 0 saturated carbocycles. The second-order valence-corrected chi connectivity index (χ2v) is 4.49. The number of benzene rings is 1. The van der Waals surface area contributed by atoms with Crippen LogP contribution in [0.1, 0.15) is 12.5 Å². The molecule has 0 spiro atoms. The van der Waals surface area contributed by atoms with E-state index in [-0.39, 0.29) is 18.6 Å². The van der Waals surface area contributed by atoms with E-state index in [1.807, 2.05) is 31.2 Å². The first kappa shape index (κ1) is 14.8. The van der Waals surface area contributed by atoms with Gasteiger partial charge in [-0.2, -0.15) is 0 Å². The summed E-state index contributed by atoms with van der Waals surface area (Å²) in [6, 6.07) is 7.31. The molecule has 1 aromatic carbocycles. The summed E-state index contributed by atoms with van der Waals surface area (Å²) >= 11 is 6.06. The molecule has 0 fully saturated rings. The van der Waals surface area contributed by atoms with Crippen LogP contribution in [0.5, 0.6) is 0 Å². The van der Waals surface area contributed by atoms with Gasteiger partial charge in [-0.15, -0.1) is 0 Å². The fraction of sp³-hybridized carbons (Fsp3) is 0.462. The van der Waals surface area contributed by atoms with Gasteiger partial charge in [-0.05, 0) is 25.0 Å². The van der Waals surface area contributed by atoms with Crippen LogP contribution < -0.4 is 10.6 Å². The molecule has 0 aliphatic rings. The molecule has 0 unspecified atom stereocenters. The van der Waals surface area contributed by atoms with E-state index in [9.17, 15) is 9.90 Å². The summed E-state index contributed by atoms with van der Waals surface area (Å²) in [4.78, 5) is 11.3. The van der Waals surface area contributed by atoms with Crippen molar-refractivity contribution in [1.82, 2.24) is 10.6 Å². The van der Waals surface area contributed by atoms with Crippen LogP contribution in [0, 0.1) is 5.92 Å². The van der Waals surface area contributed by atoms with Gasteiger partial charge in [-0.25, -0.2) is 4.79 Å².